The SMILES string of the molecule is CN(C)C(CNC(=O)NCc1ccc(O)cc1)Cc1csc2ccccc12. The largest absolute Gasteiger partial charge is 0.508 e. The maximum absolute atomic E-state index is 12.1. The zero-order valence-corrected chi connectivity index (χ0v) is 16.4. The first-order valence-electron chi connectivity index (χ1n) is 8.94. The molecule has 1 aromatic heterocycles. The van der Waals surface area contributed by atoms with E-state index < -0.39 is 0 Å². The van der Waals surface area contributed by atoms with Gasteiger partial charge in [-0.15, -0.1) is 11.3 Å². The highest BCUT2D eigenvalue weighted by atomic mass is 32.1. The van der Waals surface area contributed by atoms with Gasteiger partial charge in [-0.2, -0.15) is 0 Å². The number of rotatable bonds is 7. The van der Waals surface area contributed by atoms with E-state index in [4.69, 9.17) is 0 Å². The minimum Gasteiger partial charge on any atom is -0.508 e. The van der Waals surface area contributed by atoms with Crippen LogP contribution in [0.2, 0.25) is 0 Å². The summed E-state index contributed by atoms with van der Waals surface area (Å²) in [5.74, 6) is 0.220. The van der Waals surface area contributed by atoms with Crippen molar-refractivity contribution in [2.75, 3.05) is 20.6 Å². The van der Waals surface area contributed by atoms with Crippen LogP contribution in [0.5, 0.6) is 5.75 Å². The summed E-state index contributed by atoms with van der Waals surface area (Å²) in [6, 6.07) is 15.3. The van der Waals surface area contributed by atoms with Gasteiger partial charge in [0.15, 0.2) is 0 Å². The second-order valence-electron chi connectivity index (χ2n) is 6.81. The standard InChI is InChI=1S/C21H25N3O2S/c1-24(2)17(11-16-14-27-20-6-4-3-5-19(16)20)13-23-21(26)22-12-15-7-9-18(25)10-8-15/h3-10,14,17,25H,11-13H2,1-2H3,(H2,22,23,26). The number of phenols is 1. The van der Waals surface area contributed by atoms with Crippen LogP contribution in [0.25, 0.3) is 10.1 Å². The van der Waals surface area contributed by atoms with Gasteiger partial charge in [0.2, 0.25) is 0 Å². The third kappa shape index (κ3) is 5.21. The van der Waals surface area contributed by atoms with Crippen molar-refractivity contribution in [1.82, 2.24) is 15.5 Å². The highest BCUT2D eigenvalue weighted by Gasteiger charge is 2.16. The monoisotopic (exact) mass is 383 g/mol. The molecular weight excluding hydrogens is 358 g/mol. The summed E-state index contributed by atoms with van der Waals surface area (Å²) in [6.07, 6.45) is 0.884. The molecule has 5 nitrogen and oxygen atoms in total. The van der Waals surface area contributed by atoms with Gasteiger partial charge in [0.25, 0.3) is 0 Å². The first-order chi connectivity index (χ1) is 13.0. The molecule has 0 bridgehead atoms. The number of nitrogens with zero attached hydrogens (tertiary/aromatic N) is 1. The Hall–Kier alpha value is -2.57. The number of hydrogen-bond acceptors (Lipinski definition) is 4. The average Bonchev–Trinajstić information content (AvgIpc) is 3.07. The Kier molecular flexibility index (Phi) is 6.32. The Morgan fingerprint density at radius 1 is 1.11 bits per heavy atom. The van der Waals surface area contributed by atoms with Gasteiger partial charge in [0.05, 0.1) is 0 Å². The van der Waals surface area contributed by atoms with Gasteiger partial charge in [-0.1, -0.05) is 30.3 Å². The van der Waals surface area contributed by atoms with E-state index in [1.165, 1.54) is 15.6 Å². The summed E-state index contributed by atoms with van der Waals surface area (Å²) in [5, 5.41) is 18.6. The number of urea groups is 1. The molecule has 3 aromatic rings. The van der Waals surface area contributed by atoms with E-state index in [2.05, 4.69) is 45.2 Å². The molecule has 0 spiro atoms. The highest BCUT2D eigenvalue weighted by Crippen LogP contribution is 2.27. The number of benzene rings is 2. The maximum atomic E-state index is 12.1. The van der Waals surface area contributed by atoms with Gasteiger partial charge in [-0.25, -0.2) is 4.79 Å². The third-order valence-corrected chi connectivity index (χ3v) is 5.65. The van der Waals surface area contributed by atoms with Crippen molar-refractivity contribution in [1.29, 1.82) is 0 Å². The first-order valence-corrected chi connectivity index (χ1v) is 9.82. The van der Waals surface area contributed by atoms with Gasteiger partial charge in [-0.05, 0) is 60.6 Å². The zero-order valence-electron chi connectivity index (χ0n) is 15.6. The molecule has 2 aromatic carbocycles. The molecule has 27 heavy (non-hydrogen) atoms. The summed E-state index contributed by atoms with van der Waals surface area (Å²) in [4.78, 5) is 14.3. The van der Waals surface area contributed by atoms with Crippen molar-refractivity contribution < 1.29 is 9.90 Å². The Bertz CT molecular complexity index is 890. The molecule has 142 valence electrons. The normalized spacial score (nSPS) is 12.3. The van der Waals surface area contributed by atoms with Crippen molar-refractivity contribution in [3.8, 4) is 5.75 Å². The van der Waals surface area contributed by atoms with Crippen LogP contribution in [0.1, 0.15) is 11.1 Å². The number of amides is 2. The molecule has 0 saturated carbocycles. The lowest BCUT2D eigenvalue weighted by Crippen LogP contribution is -2.44. The van der Waals surface area contributed by atoms with E-state index >= 15 is 0 Å². The number of fused-ring (bicyclic) bond motifs is 1. The highest BCUT2D eigenvalue weighted by molar-refractivity contribution is 7.17. The Labute approximate surface area is 163 Å². The zero-order chi connectivity index (χ0) is 19.2. The van der Waals surface area contributed by atoms with Crippen LogP contribution in [-0.4, -0.2) is 42.7 Å². The van der Waals surface area contributed by atoms with Gasteiger partial charge in [0.1, 0.15) is 5.75 Å². The van der Waals surface area contributed by atoms with Gasteiger partial charge in [0, 0.05) is 23.8 Å². The summed E-state index contributed by atoms with van der Waals surface area (Å²) in [6.45, 7) is 0.993. The van der Waals surface area contributed by atoms with Gasteiger partial charge in [-0.3, -0.25) is 0 Å². The molecule has 0 fully saturated rings. The van der Waals surface area contributed by atoms with Gasteiger partial charge < -0.3 is 20.6 Å². The Balaban J connectivity index is 1.53. The number of carbonyl (C=O) groups is 1. The van der Waals surface area contributed by atoms with Crippen molar-refractivity contribution in [2.45, 2.75) is 19.0 Å². The number of nitrogens with one attached hydrogen (secondary N) is 2. The molecule has 0 aliphatic carbocycles. The van der Waals surface area contributed by atoms with Crippen LogP contribution >= 0.6 is 11.3 Å². The minimum absolute atomic E-state index is 0.190. The van der Waals surface area contributed by atoms with Crippen molar-refractivity contribution in [3.05, 3.63) is 65.0 Å². The fraction of sp³-hybridized carbons (Fsp3) is 0.286. The first kappa shape index (κ1) is 19.2. The van der Waals surface area contributed by atoms with E-state index in [1.54, 1.807) is 35.6 Å². The second kappa shape index (κ2) is 8.88. The third-order valence-electron chi connectivity index (χ3n) is 4.63. The predicted octanol–water partition coefficient (Wildman–Crippen LogP) is 3.58. The average molecular weight is 384 g/mol. The molecule has 1 atom stereocenters. The lowest BCUT2D eigenvalue weighted by Gasteiger charge is -2.24. The van der Waals surface area contributed by atoms with Crippen LogP contribution in [0.3, 0.4) is 0 Å². The lowest BCUT2D eigenvalue weighted by atomic mass is 10.0. The van der Waals surface area contributed by atoms with Crippen molar-refractivity contribution in [3.63, 3.8) is 0 Å². The number of carbonyl (C=O) groups excluding carboxylic acids is 1. The molecule has 6 heteroatoms. The number of aromatic hydroxyl groups is 1. The van der Waals surface area contributed by atoms with E-state index in [0.717, 1.165) is 12.0 Å². The Morgan fingerprint density at radius 3 is 2.59 bits per heavy atom. The van der Waals surface area contributed by atoms with E-state index in [9.17, 15) is 9.90 Å². The number of thiophene rings is 1. The molecule has 3 rings (SSSR count). The number of phenolic OH excluding ortho intramolecular Hbond substituents is 1. The minimum atomic E-state index is -0.190. The number of likely N-dealkylation sites (N-methyl/N-ethyl adjacent to an activating group) is 1. The molecular formula is C21H25N3O2S. The van der Waals surface area contributed by atoms with Crippen molar-refractivity contribution in [2.24, 2.45) is 0 Å². The molecule has 1 unspecified atom stereocenters. The lowest BCUT2D eigenvalue weighted by molar-refractivity contribution is 0.231. The fourth-order valence-corrected chi connectivity index (χ4v) is 3.93. The quantitative estimate of drug-likeness (QED) is 0.584. The van der Waals surface area contributed by atoms with Crippen LogP contribution in [0, 0.1) is 0 Å². The summed E-state index contributed by atoms with van der Waals surface area (Å²) < 4.78 is 1.30. The van der Waals surface area contributed by atoms with Crippen molar-refractivity contribution >= 4 is 27.5 Å². The van der Waals surface area contributed by atoms with E-state index in [-0.39, 0.29) is 17.8 Å². The van der Waals surface area contributed by atoms with Crippen LogP contribution in [-0.2, 0) is 13.0 Å². The second-order valence-corrected chi connectivity index (χ2v) is 7.72. The summed E-state index contributed by atoms with van der Waals surface area (Å²) in [7, 11) is 4.07. The molecule has 0 aliphatic heterocycles. The smallest absolute Gasteiger partial charge is 0.315 e. The molecule has 0 radical (unpaired) electrons. The van der Waals surface area contributed by atoms with Crippen LogP contribution < -0.4 is 10.6 Å². The summed E-state index contributed by atoms with van der Waals surface area (Å²) in [5.41, 5.74) is 2.26. The number of hydrogen-bond donors (Lipinski definition) is 3. The molecule has 3 N–H and O–H groups in total. The Morgan fingerprint density at radius 2 is 1.85 bits per heavy atom. The van der Waals surface area contributed by atoms with Crippen LogP contribution in [0.4, 0.5) is 4.79 Å². The van der Waals surface area contributed by atoms with E-state index in [0.29, 0.717) is 13.1 Å². The molecule has 0 saturated heterocycles. The molecule has 2 amide bonds. The summed E-state index contributed by atoms with van der Waals surface area (Å²) >= 11 is 1.76. The van der Waals surface area contributed by atoms with E-state index in [1.807, 2.05) is 14.1 Å². The topological polar surface area (TPSA) is 64.6 Å². The maximum Gasteiger partial charge on any atom is 0.315 e. The van der Waals surface area contributed by atoms with Gasteiger partial charge >= 0.3 is 6.03 Å². The molecule has 0 aliphatic rings. The van der Waals surface area contributed by atoms with Crippen LogP contribution in [0.15, 0.2) is 53.9 Å². The predicted molar refractivity (Wildman–Crippen MR) is 111 cm³/mol. The molecule has 1 heterocycles. The fourth-order valence-electron chi connectivity index (χ4n) is 2.95.